The Morgan fingerprint density at radius 3 is 1.68 bits per heavy atom. The highest BCUT2D eigenvalue weighted by Gasteiger charge is 2.18. The average molecular weight is 307 g/mol. The van der Waals surface area contributed by atoms with Gasteiger partial charge in [-0.05, 0) is 28.1 Å². The van der Waals surface area contributed by atoms with Gasteiger partial charge in [-0.2, -0.15) is 0 Å². The maximum absolute atomic E-state index is 13.0. The van der Waals surface area contributed by atoms with Crippen LogP contribution in [0.2, 0.25) is 0 Å². The summed E-state index contributed by atoms with van der Waals surface area (Å²) < 4.78 is 19.2. The van der Waals surface area contributed by atoms with Gasteiger partial charge in [-0.15, -0.1) is 0 Å². The van der Waals surface area contributed by atoms with E-state index in [1.807, 2.05) is 36.4 Å². The summed E-state index contributed by atoms with van der Waals surface area (Å²) in [4.78, 5) is 0. The maximum atomic E-state index is 13.0. The minimum Gasteiger partial charge on any atom is -0.403 e. The highest BCUT2D eigenvalue weighted by Crippen LogP contribution is 2.05. The second-order valence-corrected chi connectivity index (χ2v) is 7.08. The maximum Gasteiger partial charge on any atom is 0.283 e. The van der Waals surface area contributed by atoms with Crippen molar-refractivity contribution in [3.63, 3.8) is 0 Å². The van der Waals surface area contributed by atoms with Crippen LogP contribution in [-0.2, 0) is 11.0 Å². The van der Waals surface area contributed by atoms with E-state index in [4.69, 9.17) is 4.43 Å². The minimum absolute atomic E-state index is 0.222. The standard InChI is InChI=1S/C19H16FOSi/c20-17-13-11-16(12-14-17)15-21-22(18-7-3-1-4-8-18)19-9-5-2-6-10-19/h1-14H,15H2. The summed E-state index contributed by atoms with van der Waals surface area (Å²) in [6.07, 6.45) is 0. The molecule has 1 radical (unpaired) electrons. The molecule has 0 heterocycles. The largest absolute Gasteiger partial charge is 0.403 e. The Bertz CT molecular complexity index is 659. The van der Waals surface area contributed by atoms with Crippen LogP contribution in [0.3, 0.4) is 0 Å². The molecule has 0 aliphatic rings. The Labute approximate surface area is 131 Å². The van der Waals surface area contributed by atoms with Crippen LogP contribution in [0, 0.1) is 5.82 Å². The van der Waals surface area contributed by atoms with Gasteiger partial charge >= 0.3 is 0 Å². The topological polar surface area (TPSA) is 9.23 Å². The fourth-order valence-electron chi connectivity index (χ4n) is 2.25. The molecule has 0 aromatic heterocycles. The molecule has 0 aliphatic carbocycles. The number of hydrogen-bond donors (Lipinski definition) is 0. The fourth-order valence-corrected chi connectivity index (χ4v) is 4.22. The molecule has 109 valence electrons. The lowest BCUT2D eigenvalue weighted by atomic mass is 10.2. The van der Waals surface area contributed by atoms with Crippen molar-refractivity contribution < 1.29 is 8.82 Å². The third kappa shape index (κ3) is 3.69. The first-order valence-corrected chi connectivity index (χ1v) is 8.59. The van der Waals surface area contributed by atoms with Crippen LogP contribution in [0.5, 0.6) is 0 Å². The molecule has 0 N–H and O–H groups in total. The lowest BCUT2D eigenvalue weighted by Gasteiger charge is -2.16. The predicted molar refractivity (Wildman–Crippen MR) is 89.1 cm³/mol. The van der Waals surface area contributed by atoms with Gasteiger partial charge in [-0.25, -0.2) is 4.39 Å². The smallest absolute Gasteiger partial charge is 0.283 e. The van der Waals surface area contributed by atoms with E-state index in [2.05, 4.69) is 24.3 Å². The third-order valence-electron chi connectivity index (χ3n) is 3.37. The first-order chi connectivity index (χ1) is 10.8. The molecule has 0 aliphatic heterocycles. The summed E-state index contributed by atoms with van der Waals surface area (Å²) >= 11 is 0. The minimum atomic E-state index is -1.30. The first-order valence-electron chi connectivity index (χ1n) is 7.18. The van der Waals surface area contributed by atoms with Crippen LogP contribution in [0.15, 0.2) is 84.9 Å². The molecular formula is C19H16FOSi. The number of rotatable bonds is 5. The third-order valence-corrected chi connectivity index (χ3v) is 5.52. The molecule has 0 spiro atoms. The zero-order valence-electron chi connectivity index (χ0n) is 12.1. The molecule has 3 heteroatoms. The van der Waals surface area contributed by atoms with Gasteiger partial charge in [0.15, 0.2) is 0 Å². The molecule has 0 amide bonds. The molecule has 0 fully saturated rings. The molecule has 0 bridgehead atoms. The van der Waals surface area contributed by atoms with Gasteiger partial charge in [0.1, 0.15) is 5.82 Å². The van der Waals surface area contributed by atoms with E-state index in [0.717, 1.165) is 5.56 Å². The zero-order chi connectivity index (χ0) is 15.2. The first kappa shape index (κ1) is 14.7. The van der Waals surface area contributed by atoms with Crippen LogP contribution < -0.4 is 10.4 Å². The number of hydrogen-bond acceptors (Lipinski definition) is 1. The Morgan fingerprint density at radius 2 is 1.18 bits per heavy atom. The predicted octanol–water partition coefficient (Wildman–Crippen LogP) is 3.15. The summed E-state index contributed by atoms with van der Waals surface area (Å²) in [6, 6.07) is 27.0. The second-order valence-electron chi connectivity index (χ2n) is 4.98. The van der Waals surface area contributed by atoms with Gasteiger partial charge in [0, 0.05) is 0 Å². The van der Waals surface area contributed by atoms with Crippen molar-refractivity contribution in [3.8, 4) is 0 Å². The quantitative estimate of drug-likeness (QED) is 0.658. The van der Waals surface area contributed by atoms with Gasteiger partial charge in [-0.1, -0.05) is 72.8 Å². The summed E-state index contributed by atoms with van der Waals surface area (Å²) in [7, 11) is -1.30. The summed E-state index contributed by atoms with van der Waals surface area (Å²) in [5.41, 5.74) is 0.982. The van der Waals surface area contributed by atoms with E-state index in [-0.39, 0.29) is 5.82 Å². The van der Waals surface area contributed by atoms with Crippen molar-refractivity contribution in [1.29, 1.82) is 0 Å². The lowest BCUT2D eigenvalue weighted by molar-refractivity contribution is 0.321. The summed E-state index contributed by atoms with van der Waals surface area (Å²) in [5, 5.41) is 2.42. The van der Waals surface area contributed by atoms with Gasteiger partial charge in [-0.3, -0.25) is 0 Å². The molecule has 0 unspecified atom stereocenters. The highest BCUT2D eigenvalue weighted by molar-refractivity contribution is 6.79. The van der Waals surface area contributed by atoms with Crippen molar-refractivity contribution in [2.24, 2.45) is 0 Å². The van der Waals surface area contributed by atoms with Crippen molar-refractivity contribution >= 4 is 19.4 Å². The van der Waals surface area contributed by atoms with Gasteiger partial charge in [0.2, 0.25) is 0 Å². The van der Waals surface area contributed by atoms with Crippen molar-refractivity contribution in [3.05, 3.63) is 96.3 Å². The van der Waals surface area contributed by atoms with E-state index in [9.17, 15) is 4.39 Å². The number of benzene rings is 3. The molecule has 3 aromatic rings. The van der Waals surface area contributed by atoms with E-state index < -0.39 is 9.04 Å². The molecule has 3 rings (SSSR count). The molecular weight excluding hydrogens is 291 g/mol. The zero-order valence-corrected chi connectivity index (χ0v) is 13.1. The van der Waals surface area contributed by atoms with Crippen molar-refractivity contribution in [1.82, 2.24) is 0 Å². The second kappa shape index (κ2) is 7.16. The van der Waals surface area contributed by atoms with Crippen molar-refractivity contribution in [2.75, 3.05) is 0 Å². The Hall–Kier alpha value is -2.23. The Balaban J connectivity index is 1.81. The van der Waals surface area contributed by atoms with Gasteiger partial charge in [0.05, 0.1) is 6.61 Å². The Kier molecular flexibility index (Phi) is 4.78. The van der Waals surface area contributed by atoms with E-state index in [1.165, 1.54) is 22.5 Å². The average Bonchev–Trinajstić information content (AvgIpc) is 2.59. The van der Waals surface area contributed by atoms with E-state index in [0.29, 0.717) is 6.61 Å². The van der Waals surface area contributed by atoms with E-state index >= 15 is 0 Å². The summed E-state index contributed by atoms with van der Waals surface area (Å²) in [5.74, 6) is -0.222. The monoisotopic (exact) mass is 307 g/mol. The normalized spacial score (nSPS) is 10.8. The highest BCUT2D eigenvalue weighted by atomic mass is 28.3. The molecule has 0 saturated heterocycles. The molecule has 0 atom stereocenters. The van der Waals surface area contributed by atoms with Crippen LogP contribution in [-0.4, -0.2) is 9.04 Å². The molecule has 3 aromatic carbocycles. The van der Waals surface area contributed by atoms with Gasteiger partial charge in [0.25, 0.3) is 9.04 Å². The van der Waals surface area contributed by atoms with Crippen molar-refractivity contribution in [2.45, 2.75) is 6.61 Å². The van der Waals surface area contributed by atoms with E-state index in [1.54, 1.807) is 12.1 Å². The van der Waals surface area contributed by atoms with Crippen LogP contribution in [0.4, 0.5) is 4.39 Å². The fraction of sp³-hybridized carbons (Fsp3) is 0.0526. The molecule has 1 nitrogen and oxygen atoms in total. The van der Waals surface area contributed by atoms with Crippen LogP contribution >= 0.6 is 0 Å². The van der Waals surface area contributed by atoms with Crippen LogP contribution in [0.25, 0.3) is 0 Å². The SMILES string of the molecule is Fc1ccc(CO[Si](c2ccccc2)c2ccccc2)cc1. The van der Waals surface area contributed by atoms with Gasteiger partial charge < -0.3 is 4.43 Å². The number of halogens is 1. The van der Waals surface area contributed by atoms with Crippen LogP contribution in [0.1, 0.15) is 5.56 Å². The lowest BCUT2D eigenvalue weighted by Crippen LogP contribution is -2.44. The Morgan fingerprint density at radius 1 is 0.682 bits per heavy atom. The molecule has 22 heavy (non-hydrogen) atoms. The summed E-state index contributed by atoms with van der Waals surface area (Å²) in [6.45, 7) is 0.484. The molecule has 0 saturated carbocycles.